The molecule has 2 amide bonds. The topological polar surface area (TPSA) is 105 Å². The number of thioether (sulfide) groups is 1. The van der Waals surface area contributed by atoms with Gasteiger partial charge in [-0.2, -0.15) is 0 Å². The smallest absolute Gasteiger partial charge is 0.409 e. The molecule has 3 aromatic rings. The van der Waals surface area contributed by atoms with Crippen molar-refractivity contribution in [1.29, 1.82) is 0 Å². The third kappa shape index (κ3) is 9.45. The maximum absolute atomic E-state index is 13.4. The largest absolute Gasteiger partial charge is 0.481 e. The number of carbonyl (C=O) groups excluding carboxylic acids is 2. The second-order valence-electron chi connectivity index (χ2n) is 10.7. The van der Waals surface area contributed by atoms with E-state index in [0.717, 1.165) is 21.6 Å². The maximum atomic E-state index is 13.4. The van der Waals surface area contributed by atoms with Crippen molar-refractivity contribution in [1.82, 2.24) is 10.6 Å². The van der Waals surface area contributed by atoms with Crippen molar-refractivity contribution in [3.8, 4) is 0 Å². The van der Waals surface area contributed by atoms with Crippen molar-refractivity contribution < 1.29 is 24.2 Å². The van der Waals surface area contributed by atoms with Crippen molar-refractivity contribution in [3.05, 3.63) is 102 Å². The maximum Gasteiger partial charge on any atom is 0.409 e. The molecule has 0 aliphatic heterocycles. The van der Waals surface area contributed by atoms with E-state index < -0.39 is 28.4 Å². The molecule has 212 valence electrons. The summed E-state index contributed by atoms with van der Waals surface area (Å²) in [7, 11) is 0. The van der Waals surface area contributed by atoms with Crippen LogP contribution >= 0.6 is 11.8 Å². The highest BCUT2D eigenvalue weighted by Gasteiger charge is 2.38. The van der Waals surface area contributed by atoms with Crippen molar-refractivity contribution in [2.75, 3.05) is 6.54 Å². The first kappa shape index (κ1) is 30.8. The first-order valence-corrected chi connectivity index (χ1v) is 14.2. The van der Waals surface area contributed by atoms with Gasteiger partial charge in [0.25, 0.3) is 5.91 Å². The van der Waals surface area contributed by atoms with Gasteiger partial charge in [-0.05, 0) is 69.4 Å². The Morgan fingerprint density at radius 2 is 1.40 bits per heavy atom. The number of rotatable bonds is 12. The lowest BCUT2D eigenvalue weighted by atomic mass is 9.85. The summed E-state index contributed by atoms with van der Waals surface area (Å²) in [5.74, 6) is -1.29. The van der Waals surface area contributed by atoms with E-state index >= 15 is 0 Å². The highest BCUT2D eigenvalue weighted by Crippen LogP contribution is 2.37. The summed E-state index contributed by atoms with van der Waals surface area (Å²) in [5.41, 5.74) is 2.60. The van der Waals surface area contributed by atoms with Crippen LogP contribution in [0.25, 0.3) is 0 Å². The third-order valence-electron chi connectivity index (χ3n) is 6.05. The molecular formula is C32H38N2O5S. The van der Waals surface area contributed by atoms with Gasteiger partial charge < -0.3 is 15.2 Å². The van der Waals surface area contributed by atoms with Crippen LogP contribution in [-0.4, -0.2) is 40.1 Å². The second-order valence-corrected chi connectivity index (χ2v) is 12.2. The number of hydrogen-bond donors (Lipinski definition) is 3. The Morgan fingerprint density at radius 3 is 1.95 bits per heavy atom. The van der Waals surface area contributed by atoms with E-state index in [-0.39, 0.29) is 12.3 Å². The van der Waals surface area contributed by atoms with Crippen LogP contribution < -0.4 is 10.6 Å². The standard InChI is InChI=1S/C32H38N2O5S/c1-31(2,3)39-30(38)34-32(4,29(37)33-21-12-11-20-27(35)36)40-26-19-13-18-25(22-26)28(23-14-7-5-8-15-23)24-16-9-6-10-17-24/h5-10,13-19,22,28H,11-12,20-21H2,1-4H3,(H,33,37)(H,34,38)(H,35,36)/t32-/m1/s1. The van der Waals surface area contributed by atoms with E-state index in [2.05, 4.69) is 41.0 Å². The molecule has 40 heavy (non-hydrogen) atoms. The fourth-order valence-electron chi connectivity index (χ4n) is 4.26. The number of amides is 2. The Morgan fingerprint density at radius 1 is 0.825 bits per heavy atom. The lowest BCUT2D eigenvalue weighted by molar-refractivity contribution is -0.137. The molecule has 0 bridgehead atoms. The number of unbranched alkanes of at least 4 members (excludes halogenated alkanes) is 1. The molecule has 0 saturated carbocycles. The predicted molar refractivity (Wildman–Crippen MR) is 158 cm³/mol. The third-order valence-corrected chi connectivity index (χ3v) is 7.24. The van der Waals surface area contributed by atoms with E-state index in [4.69, 9.17) is 9.84 Å². The Hall–Kier alpha value is -3.78. The molecule has 7 nitrogen and oxygen atoms in total. The molecule has 0 unspecified atom stereocenters. The van der Waals surface area contributed by atoms with Crippen LogP contribution in [0.2, 0.25) is 0 Å². The Balaban J connectivity index is 1.89. The van der Waals surface area contributed by atoms with E-state index in [0.29, 0.717) is 19.4 Å². The minimum absolute atomic E-state index is 0.0175. The van der Waals surface area contributed by atoms with Crippen molar-refractivity contribution >= 4 is 29.7 Å². The molecule has 0 aliphatic carbocycles. The molecule has 3 rings (SSSR count). The first-order chi connectivity index (χ1) is 19.0. The number of carbonyl (C=O) groups is 3. The van der Waals surface area contributed by atoms with Crippen molar-refractivity contribution in [3.63, 3.8) is 0 Å². The molecule has 1 atom stereocenters. The highest BCUT2D eigenvalue weighted by atomic mass is 32.2. The molecule has 3 aromatic carbocycles. The summed E-state index contributed by atoms with van der Waals surface area (Å²) < 4.78 is 5.46. The SMILES string of the molecule is CC(C)(C)OC(=O)N[C@](C)(Sc1cccc(C(c2ccccc2)c2ccccc2)c1)C(=O)NCCCCC(=O)O. The summed E-state index contributed by atoms with van der Waals surface area (Å²) in [6, 6.07) is 28.4. The first-order valence-electron chi connectivity index (χ1n) is 13.4. The van der Waals surface area contributed by atoms with Gasteiger partial charge in [0.2, 0.25) is 0 Å². The number of carboxylic acids is 1. The van der Waals surface area contributed by atoms with Crippen LogP contribution in [0, 0.1) is 0 Å². The molecule has 3 N–H and O–H groups in total. The number of carboxylic acid groups (broad SMARTS) is 1. The number of hydrogen-bond acceptors (Lipinski definition) is 5. The quantitative estimate of drug-likeness (QED) is 0.0998. The van der Waals surface area contributed by atoms with E-state index in [9.17, 15) is 14.4 Å². The molecule has 0 heterocycles. The van der Waals surface area contributed by atoms with Gasteiger partial charge in [-0.3, -0.25) is 14.9 Å². The predicted octanol–water partition coefficient (Wildman–Crippen LogP) is 6.57. The fourth-order valence-corrected chi connectivity index (χ4v) is 5.37. The molecule has 8 heteroatoms. The minimum atomic E-state index is -1.39. The summed E-state index contributed by atoms with van der Waals surface area (Å²) in [6.45, 7) is 7.22. The van der Waals surface area contributed by atoms with E-state index in [1.54, 1.807) is 27.7 Å². The fraction of sp³-hybridized carbons (Fsp3) is 0.344. The molecular weight excluding hydrogens is 524 g/mol. The average molecular weight is 563 g/mol. The average Bonchev–Trinajstić information content (AvgIpc) is 2.88. The number of benzene rings is 3. The molecule has 0 radical (unpaired) electrons. The molecule has 0 aromatic heterocycles. The van der Waals surface area contributed by atoms with Crippen LogP contribution in [0.15, 0.2) is 89.8 Å². The van der Waals surface area contributed by atoms with Crippen molar-refractivity contribution in [2.45, 2.75) is 68.2 Å². The Labute approximate surface area is 240 Å². The zero-order chi connectivity index (χ0) is 29.2. The minimum Gasteiger partial charge on any atom is -0.481 e. The lowest BCUT2D eigenvalue weighted by Crippen LogP contribution is -2.55. The molecule has 0 aliphatic rings. The highest BCUT2D eigenvalue weighted by molar-refractivity contribution is 8.01. The lowest BCUT2D eigenvalue weighted by Gasteiger charge is -2.31. The van der Waals surface area contributed by atoms with Crippen LogP contribution in [0.4, 0.5) is 4.79 Å². The number of nitrogens with one attached hydrogen (secondary N) is 2. The number of ether oxygens (including phenoxy) is 1. The van der Waals surface area contributed by atoms with Crippen LogP contribution in [0.5, 0.6) is 0 Å². The zero-order valence-electron chi connectivity index (χ0n) is 23.5. The zero-order valence-corrected chi connectivity index (χ0v) is 24.3. The molecule has 0 spiro atoms. The van der Waals surface area contributed by atoms with Crippen LogP contribution in [-0.2, 0) is 14.3 Å². The van der Waals surface area contributed by atoms with Gasteiger partial charge >= 0.3 is 12.1 Å². The Kier molecular flexibility index (Phi) is 10.8. The van der Waals surface area contributed by atoms with Gasteiger partial charge in [0.15, 0.2) is 4.87 Å². The summed E-state index contributed by atoms with van der Waals surface area (Å²) in [4.78, 5) is 36.4. The summed E-state index contributed by atoms with van der Waals surface area (Å²) >= 11 is 1.23. The van der Waals surface area contributed by atoms with Gasteiger partial charge in [0.1, 0.15) is 5.60 Å². The van der Waals surface area contributed by atoms with Gasteiger partial charge in [-0.1, -0.05) is 84.6 Å². The summed E-state index contributed by atoms with van der Waals surface area (Å²) in [6.07, 6.45) is 0.290. The Bertz CT molecular complexity index is 1240. The van der Waals surface area contributed by atoms with Gasteiger partial charge in [0, 0.05) is 23.8 Å². The van der Waals surface area contributed by atoms with Crippen LogP contribution in [0.1, 0.15) is 69.6 Å². The summed E-state index contributed by atoms with van der Waals surface area (Å²) in [5, 5.41) is 14.5. The van der Waals surface area contributed by atoms with E-state index in [1.807, 2.05) is 54.6 Å². The normalized spacial score (nSPS) is 12.8. The van der Waals surface area contributed by atoms with Gasteiger partial charge in [0.05, 0.1) is 0 Å². The second kappa shape index (κ2) is 14.0. The number of aliphatic carboxylic acids is 1. The van der Waals surface area contributed by atoms with E-state index in [1.165, 1.54) is 11.8 Å². The monoisotopic (exact) mass is 562 g/mol. The molecule has 0 saturated heterocycles. The van der Waals surface area contributed by atoms with Crippen molar-refractivity contribution in [2.24, 2.45) is 0 Å². The number of alkyl carbamates (subject to hydrolysis) is 1. The van der Waals surface area contributed by atoms with Crippen LogP contribution in [0.3, 0.4) is 0 Å². The molecule has 0 fully saturated rings. The van der Waals surface area contributed by atoms with Gasteiger partial charge in [-0.15, -0.1) is 0 Å². The van der Waals surface area contributed by atoms with Gasteiger partial charge in [-0.25, -0.2) is 4.79 Å².